The van der Waals surface area contributed by atoms with E-state index in [0.29, 0.717) is 11.1 Å². The van der Waals surface area contributed by atoms with E-state index in [1.54, 1.807) is 48.8 Å². The SMILES string of the molecule is O=C1c2ccccc2C(=O)N1N=Cc1ccncc1. The van der Waals surface area contributed by atoms with Gasteiger partial charge in [-0.25, -0.2) is 0 Å². The lowest BCUT2D eigenvalue weighted by Gasteiger charge is -2.05. The Bertz CT molecular complexity index is 645. The van der Waals surface area contributed by atoms with Crippen molar-refractivity contribution in [1.82, 2.24) is 9.99 Å². The molecule has 0 bridgehead atoms. The van der Waals surface area contributed by atoms with Gasteiger partial charge in [0.1, 0.15) is 0 Å². The number of nitrogens with zero attached hydrogens (tertiary/aromatic N) is 3. The molecule has 0 saturated heterocycles. The Morgan fingerprint density at radius 2 is 1.53 bits per heavy atom. The van der Waals surface area contributed by atoms with Crippen molar-refractivity contribution in [1.29, 1.82) is 0 Å². The van der Waals surface area contributed by atoms with Crippen LogP contribution in [-0.4, -0.2) is 28.0 Å². The van der Waals surface area contributed by atoms with Gasteiger partial charge in [0.25, 0.3) is 11.8 Å². The predicted octanol–water partition coefficient (Wildman–Crippen LogP) is 1.71. The molecule has 0 fully saturated rings. The minimum Gasteiger partial charge on any atom is -0.267 e. The molecule has 2 heterocycles. The largest absolute Gasteiger partial charge is 0.282 e. The zero-order chi connectivity index (χ0) is 13.2. The van der Waals surface area contributed by atoms with Crippen LogP contribution in [0.5, 0.6) is 0 Å². The van der Waals surface area contributed by atoms with E-state index in [2.05, 4.69) is 10.1 Å². The first-order chi connectivity index (χ1) is 9.27. The van der Waals surface area contributed by atoms with Crippen molar-refractivity contribution < 1.29 is 9.59 Å². The summed E-state index contributed by atoms with van der Waals surface area (Å²) in [7, 11) is 0. The van der Waals surface area contributed by atoms with Crippen molar-refractivity contribution in [2.45, 2.75) is 0 Å². The Morgan fingerprint density at radius 1 is 0.947 bits per heavy atom. The van der Waals surface area contributed by atoms with Gasteiger partial charge in [-0.2, -0.15) is 10.1 Å². The lowest BCUT2D eigenvalue weighted by molar-refractivity contribution is 0.0660. The summed E-state index contributed by atoms with van der Waals surface area (Å²) in [6.45, 7) is 0. The molecule has 3 rings (SSSR count). The summed E-state index contributed by atoms with van der Waals surface area (Å²) in [5.74, 6) is -0.795. The van der Waals surface area contributed by atoms with Crippen LogP contribution in [0.4, 0.5) is 0 Å². The zero-order valence-corrected chi connectivity index (χ0v) is 9.85. The van der Waals surface area contributed by atoms with Crippen molar-refractivity contribution in [3.8, 4) is 0 Å². The highest BCUT2D eigenvalue weighted by Crippen LogP contribution is 2.22. The van der Waals surface area contributed by atoms with E-state index in [9.17, 15) is 9.59 Å². The Kier molecular flexibility index (Phi) is 2.64. The number of aromatic nitrogens is 1. The molecule has 0 unspecified atom stereocenters. The van der Waals surface area contributed by atoms with Gasteiger partial charge in [0.2, 0.25) is 0 Å². The topological polar surface area (TPSA) is 62.6 Å². The summed E-state index contributed by atoms with van der Waals surface area (Å²) in [5, 5.41) is 4.83. The molecule has 0 aliphatic carbocycles. The Balaban J connectivity index is 1.91. The van der Waals surface area contributed by atoms with Crippen molar-refractivity contribution >= 4 is 18.0 Å². The second kappa shape index (κ2) is 4.45. The number of imide groups is 1. The second-order valence-electron chi connectivity index (χ2n) is 3.99. The van der Waals surface area contributed by atoms with Gasteiger partial charge in [-0.3, -0.25) is 14.6 Å². The van der Waals surface area contributed by atoms with Gasteiger partial charge in [0.15, 0.2) is 0 Å². The van der Waals surface area contributed by atoms with Gasteiger partial charge < -0.3 is 0 Å². The van der Waals surface area contributed by atoms with E-state index in [0.717, 1.165) is 10.6 Å². The van der Waals surface area contributed by atoms with E-state index in [4.69, 9.17) is 0 Å². The van der Waals surface area contributed by atoms with E-state index in [1.165, 1.54) is 6.21 Å². The highest BCUT2D eigenvalue weighted by Gasteiger charge is 2.35. The summed E-state index contributed by atoms with van der Waals surface area (Å²) < 4.78 is 0. The quantitative estimate of drug-likeness (QED) is 0.603. The van der Waals surface area contributed by atoms with Crippen LogP contribution in [0.2, 0.25) is 0 Å². The third-order valence-corrected chi connectivity index (χ3v) is 2.80. The van der Waals surface area contributed by atoms with Gasteiger partial charge >= 0.3 is 0 Å². The van der Waals surface area contributed by atoms with Gasteiger partial charge in [0, 0.05) is 12.4 Å². The molecule has 19 heavy (non-hydrogen) atoms. The fraction of sp³-hybridized carbons (Fsp3) is 0. The maximum Gasteiger partial charge on any atom is 0.282 e. The Labute approximate surface area is 109 Å². The number of fused-ring (bicyclic) bond motifs is 1. The monoisotopic (exact) mass is 251 g/mol. The first-order valence-electron chi connectivity index (χ1n) is 5.69. The molecule has 0 atom stereocenters. The molecule has 0 spiro atoms. The first kappa shape index (κ1) is 11.3. The standard InChI is InChI=1S/C14H9N3O2/c18-13-11-3-1-2-4-12(11)14(19)17(13)16-9-10-5-7-15-8-6-10/h1-9H. The van der Waals surface area contributed by atoms with Gasteiger partial charge in [-0.1, -0.05) is 12.1 Å². The molecule has 0 N–H and O–H groups in total. The molecule has 2 amide bonds. The number of hydrogen-bond acceptors (Lipinski definition) is 4. The average molecular weight is 251 g/mol. The van der Waals surface area contributed by atoms with Crippen molar-refractivity contribution in [2.24, 2.45) is 5.10 Å². The summed E-state index contributed by atoms with van der Waals surface area (Å²) in [6.07, 6.45) is 4.69. The number of carbonyl (C=O) groups excluding carboxylic acids is 2. The van der Waals surface area contributed by atoms with Crippen LogP contribution < -0.4 is 0 Å². The number of pyridine rings is 1. The van der Waals surface area contributed by atoms with Crippen LogP contribution in [0.25, 0.3) is 0 Å². The third kappa shape index (κ3) is 1.91. The molecular weight excluding hydrogens is 242 g/mol. The zero-order valence-electron chi connectivity index (χ0n) is 9.85. The summed E-state index contributed by atoms with van der Waals surface area (Å²) in [6, 6.07) is 10.2. The summed E-state index contributed by atoms with van der Waals surface area (Å²) in [5.41, 5.74) is 1.55. The summed E-state index contributed by atoms with van der Waals surface area (Å²) >= 11 is 0. The van der Waals surface area contributed by atoms with Crippen molar-refractivity contribution in [2.75, 3.05) is 0 Å². The lowest BCUT2D eigenvalue weighted by Crippen LogP contribution is -2.23. The van der Waals surface area contributed by atoms with Crippen LogP contribution in [0.15, 0.2) is 53.9 Å². The predicted molar refractivity (Wildman–Crippen MR) is 68.8 cm³/mol. The molecule has 1 aliphatic rings. The van der Waals surface area contributed by atoms with Crippen LogP contribution in [0, 0.1) is 0 Å². The number of carbonyl (C=O) groups is 2. The number of benzene rings is 1. The number of rotatable bonds is 2. The fourth-order valence-electron chi connectivity index (χ4n) is 1.86. The molecule has 2 aromatic rings. The molecule has 1 aromatic heterocycles. The fourth-order valence-corrected chi connectivity index (χ4v) is 1.86. The summed E-state index contributed by atoms with van der Waals surface area (Å²) in [4.78, 5) is 27.9. The van der Waals surface area contributed by atoms with Gasteiger partial charge in [-0.15, -0.1) is 0 Å². The van der Waals surface area contributed by atoms with Crippen LogP contribution in [0.1, 0.15) is 26.3 Å². The van der Waals surface area contributed by atoms with E-state index in [1.807, 2.05) is 0 Å². The Hall–Kier alpha value is -2.82. The second-order valence-corrected chi connectivity index (χ2v) is 3.99. The normalized spacial score (nSPS) is 14.2. The average Bonchev–Trinajstić information content (AvgIpc) is 2.71. The minimum absolute atomic E-state index is 0.388. The number of hydrazone groups is 1. The minimum atomic E-state index is -0.397. The molecule has 5 nitrogen and oxygen atoms in total. The smallest absolute Gasteiger partial charge is 0.267 e. The highest BCUT2D eigenvalue weighted by atomic mass is 16.2. The van der Waals surface area contributed by atoms with Crippen LogP contribution >= 0.6 is 0 Å². The van der Waals surface area contributed by atoms with Crippen LogP contribution in [0.3, 0.4) is 0 Å². The molecule has 5 heteroatoms. The van der Waals surface area contributed by atoms with E-state index >= 15 is 0 Å². The van der Waals surface area contributed by atoms with Crippen molar-refractivity contribution in [3.05, 3.63) is 65.5 Å². The molecule has 0 saturated carbocycles. The molecule has 1 aromatic carbocycles. The molecule has 0 radical (unpaired) electrons. The first-order valence-corrected chi connectivity index (χ1v) is 5.69. The molecule has 92 valence electrons. The van der Waals surface area contributed by atoms with E-state index < -0.39 is 11.8 Å². The number of amides is 2. The molecular formula is C14H9N3O2. The van der Waals surface area contributed by atoms with Gasteiger partial charge in [0.05, 0.1) is 17.3 Å². The maximum atomic E-state index is 12.0. The maximum absolute atomic E-state index is 12.0. The highest BCUT2D eigenvalue weighted by molar-refractivity contribution is 6.21. The van der Waals surface area contributed by atoms with Crippen LogP contribution in [-0.2, 0) is 0 Å². The van der Waals surface area contributed by atoms with Crippen molar-refractivity contribution in [3.63, 3.8) is 0 Å². The molecule has 1 aliphatic heterocycles. The number of hydrogen-bond donors (Lipinski definition) is 0. The lowest BCUT2D eigenvalue weighted by atomic mass is 10.1. The Morgan fingerprint density at radius 3 is 2.11 bits per heavy atom. The third-order valence-electron chi connectivity index (χ3n) is 2.80. The van der Waals surface area contributed by atoms with E-state index in [-0.39, 0.29) is 0 Å². The van der Waals surface area contributed by atoms with Gasteiger partial charge in [-0.05, 0) is 29.8 Å².